The van der Waals surface area contributed by atoms with Crippen molar-refractivity contribution in [1.82, 2.24) is 0 Å². The van der Waals surface area contributed by atoms with Crippen LogP contribution in [0, 0.1) is 0 Å². The second-order valence-electron chi connectivity index (χ2n) is 3.14. The summed E-state index contributed by atoms with van der Waals surface area (Å²) in [4.78, 5) is 5.07. The number of anilines is 1. The molecule has 2 nitrogen and oxygen atoms in total. The van der Waals surface area contributed by atoms with Crippen molar-refractivity contribution in [3.63, 3.8) is 0 Å². The number of hydroxylamine groups is 1. The van der Waals surface area contributed by atoms with Crippen LogP contribution in [0.1, 0.15) is 12.0 Å². The lowest BCUT2D eigenvalue weighted by Gasteiger charge is -2.15. The summed E-state index contributed by atoms with van der Waals surface area (Å²) >= 11 is 5.63. The number of halogens is 1. The van der Waals surface area contributed by atoms with Crippen molar-refractivity contribution < 1.29 is 4.84 Å². The molecule has 0 heterocycles. The topological polar surface area (TPSA) is 12.5 Å². The van der Waals surface area contributed by atoms with Gasteiger partial charge in [0.05, 0.1) is 12.8 Å². The van der Waals surface area contributed by atoms with Crippen molar-refractivity contribution in [3.05, 3.63) is 29.8 Å². The van der Waals surface area contributed by atoms with E-state index in [1.807, 2.05) is 19.2 Å². The van der Waals surface area contributed by atoms with Crippen LogP contribution in [0.2, 0.25) is 0 Å². The van der Waals surface area contributed by atoms with Crippen molar-refractivity contribution >= 4 is 17.3 Å². The Balaban J connectivity index is 2.59. The lowest BCUT2D eigenvalue weighted by molar-refractivity contribution is 0.185. The molecule has 0 aromatic heterocycles. The van der Waals surface area contributed by atoms with E-state index in [9.17, 15) is 0 Å². The van der Waals surface area contributed by atoms with Gasteiger partial charge in [0.2, 0.25) is 0 Å². The SMILES string of the molecule is CON(C)c1ccc(CCCCl)cc1. The molecule has 0 atom stereocenters. The molecule has 0 aliphatic rings. The zero-order valence-corrected chi connectivity index (χ0v) is 9.42. The molecule has 0 radical (unpaired) electrons. The number of nitrogens with zero attached hydrogens (tertiary/aromatic N) is 1. The van der Waals surface area contributed by atoms with Gasteiger partial charge in [-0.2, -0.15) is 0 Å². The van der Waals surface area contributed by atoms with E-state index >= 15 is 0 Å². The fourth-order valence-corrected chi connectivity index (χ4v) is 1.38. The normalized spacial score (nSPS) is 10.2. The van der Waals surface area contributed by atoms with Gasteiger partial charge < -0.3 is 0 Å². The Bertz CT molecular complexity index is 260. The molecule has 0 spiro atoms. The summed E-state index contributed by atoms with van der Waals surface area (Å²) in [6, 6.07) is 8.31. The molecule has 0 fully saturated rings. The summed E-state index contributed by atoms with van der Waals surface area (Å²) in [6.45, 7) is 0. The van der Waals surface area contributed by atoms with Gasteiger partial charge in [0, 0.05) is 12.9 Å². The van der Waals surface area contributed by atoms with Gasteiger partial charge in [0.1, 0.15) is 0 Å². The Hall–Kier alpha value is -0.730. The van der Waals surface area contributed by atoms with E-state index in [-0.39, 0.29) is 0 Å². The highest BCUT2D eigenvalue weighted by molar-refractivity contribution is 6.17. The summed E-state index contributed by atoms with van der Waals surface area (Å²) in [6.07, 6.45) is 2.07. The molecule has 0 N–H and O–H groups in total. The van der Waals surface area contributed by atoms with Crippen LogP contribution < -0.4 is 5.06 Å². The molecule has 0 amide bonds. The quantitative estimate of drug-likeness (QED) is 0.551. The van der Waals surface area contributed by atoms with Gasteiger partial charge in [-0.05, 0) is 30.5 Å². The van der Waals surface area contributed by atoms with Crippen molar-refractivity contribution in [1.29, 1.82) is 0 Å². The van der Waals surface area contributed by atoms with E-state index in [1.165, 1.54) is 5.56 Å². The van der Waals surface area contributed by atoms with Gasteiger partial charge in [0.25, 0.3) is 0 Å². The number of benzene rings is 1. The molecule has 0 saturated heterocycles. The molecular formula is C11H16ClNO. The van der Waals surface area contributed by atoms with Crippen LogP contribution in [0.5, 0.6) is 0 Å². The molecule has 3 heteroatoms. The van der Waals surface area contributed by atoms with Gasteiger partial charge in [-0.3, -0.25) is 9.90 Å². The molecule has 1 aromatic carbocycles. The first-order valence-corrected chi connectivity index (χ1v) is 5.24. The summed E-state index contributed by atoms with van der Waals surface area (Å²) in [5, 5.41) is 1.73. The van der Waals surface area contributed by atoms with Crippen LogP contribution >= 0.6 is 11.6 Å². The number of aryl methyl sites for hydroxylation is 1. The molecule has 0 aliphatic carbocycles. The second kappa shape index (κ2) is 5.89. The van der Waals surface area contributed by atoms with Gasteiger partial charge >= 0.3 is 0 Å². The lowest BCUT2D eigenvalue weighted by Crippen LogP contribution is -2.14. The van der Waals surface area contributed by atoms with Crippen molar-refractivity contribution in [2.45, 2.75) is 12.8 Å². The third kappa shape index (κ3) is 3.20. The maximum absolute atomic E-state index is 5.63. The average molecular weight is 214 g/mol. The van der Waals surface area contributed by atoms with Gasteiger partial charge in [-0.25, -0.2) is 0 Å². The fraction of sp³-hybridized carbons (Fsp3) is 0.455. The third-order valence-electron chi connectivity index (χ3n) is 2.17. The van der Waals surface area contributed by atoms with E-state index in [0.29, 0.717) is 0 Å². The number of hydrogen-bond acceptors (Lipinski definition) is 2. The molecule has 0 unspecified atom stereocenters. The Labute approximate surface area is 90.4 Å². The Morgan fingerprint density at radius 1 is 1.29 bits per heavy atom. The van der Waals surface area contributed by atoms with Crippen LogP contribution in [-0.2, 0) is 11.3 Å². The van der Waals surface area contributed by atoms with Crippen molar-refractivity contribution in [2.24, 2.45) is 0 Å². The van der Waals surface area contributed by atoms with Gasteiger partial charge in [0.15, 0.2) is 0 Å². The predicted molar refractivity (Wildman–Crippen MR) is 60.9 cm³/mol. The van der Waals surface area contributed by atoms with Gasteiger partial charge in [-0.1, -0.05) is 12.1 Å². The zero-order chi connectivity index (χ0) is 10.4. The summed E-state index contributed by atoms with van der Waals surface area (Å²) in [7, 11) is 3.54. The van der Waals surface area contributed by atoms with Crippen LogP contribution in [0.25, 0.3) is 0 Å². The lowest BCUT2D eigenvalue weighted by atomic mass is 10.1. The first kappa shape index (κ1) is 11.3. The van der Waals surface area contributed by atoms with Gasteiger partial charge in [-0.15, -0.1) is 11.6 Å². The fourth-order valence-electron chi connectivity index (χ4n) is 1.25. The third-order valence-corrected chi connectivity index (χ3v) is 2.44. The average Bonchev–Trinajstić information content (AvgIpc) is 2.26. The highest BCUT2D eigenvalue weighted by Crippen LogP contribution is 2.14. The van der Waals surface area contributed by atoms with E-state index in [1.54, 1.807) is 12.2 Å². The minimum atomic E-state index is 0.722. The summed E-state index contributed by atoms with van der Waals surface area (Å²) in [5.41, 5.74) is 2.38. The Morgan fingerprint density at radius 2 is 1.93 bits per heavy atom. The highest BCUT2D eigenvalue weighted by Gasteiger charge is 1.98. The molecule has 1 aromatic rings. The summed E-state index contributed by atoms with van der Waals surface area (Å²) < 4.78 is 0. The second-order valence-corrected chi connectivity index (χ2v) is 3.52. The van der Waals surface area contributed by atoms with E-state index in [0.717, 1.165) is 24.4 Å². The number of alkyl halides is 1. The maximum Gasteiger partial charge on any atom is 0.0638 e. The molecule has 1 rings (SSSR count). The molecule has 78 valence electrons. The minimum absolute atomic E-state index is 0.722. The molecule has 0 aliphatic heterocycles. The number of rotatable bonds is 5. The molecule has 14 heavy (non-hydrogen) atoms. The molecule has 0 bridgehead atoms. The van der Waals surface area contributed by atoms with E-state index < -0.39 is 0 Å². The van der Waals surface area contributed by atoms with Crippen LogP contribution in [-0.4, -0.2) is 20.0 Å². The van der Waals surface area contributed by atoms with E-state index in [4.69, 9.17) is 16.4 Å². The highest BCUT2D eigenvalue weighted by atomic mass is 35.5. The Kier molecular flexibility index (Phi) is 4.77. The first-order chi connectivity index (χ1) is 6.77. The zero-order valence-electron chi connectivity index (χ0n) is 8.66. The summed E-state index contributed by atoms with van der Waals surface area (Å²) in [5.74, 6) is 0.722. The first-order valence-electron chi connectivity index (χ1n) is 4.70. The standard InChI is InChI=1S/C11H16ClNO/c1-13(14-2)11-7-5-10(6-8-11)4-3-9-12/h5-8H,3-4,9H2,1-2H3. The minimum Gasteiger partial charge on any atom is -0.277 e. The van der Waals surface area contributed by atoms with Crippen LogP contribution in [0.3, 0.4) is 0 Å². The van der Waals surface area contributed by atoms with Crippen molar-refractivity contribution in [2.75, 3.05) is 25.1 Å². The largest absolute Gasteiger partial charge is 0.277 e. The van der Waals surface area contributed by atoms with Crippen molar-refractivity contribution in [3.8, 4) is 0 Å². The maximum atomic E-state index is 5.63. The van der Waals surface area contributed by atoms with Crippen LogP contribution in [0.15, 0.2) is 24.3 Å². The van der Waals surface area contributed by atoms with E-state index in [2.05, 4.69) is 12.1 Å². The van der Waals surface area contributed by atoms with Crippen LogP contribution in [0.4, 0.5) is 5.69 Å². The monoisotopic (exact) mass is 213 g/mol. The molecule has 0 saturated carbocycles. The predicted octanol–water partition coefficient (Wildman–Crippen LogP) is 2.86. The number of hydrogen-bond donors (Lipinski definition) is 0. The smallest absolute Gasteiger partial charge is 0.0638 e. The molecular weight excluding hydrogens is 198 g/mol. The Morgan fingerprint density at radius 3 is 2.43 bits per heavy atom.